The van der Waals surface area contributed by atoms with Gasteiger partial charge in [0.1, 0.15) is 11.9 Å². The molecule has 4 heteroatoms. The number of anilines is 1. The lowest BCUT2D eigenvalue weighted by Crippen LogP contribution is -2.45. The van der Waals surface area contributed by atoms with E-state index < -0.39 is 0 Å². The second-order valence-electron chi connectivity index (χ2n) is 5.01. The first kappa shape index (κ1) is 10.5. The molecule has 1 saturated carbocycles. The number of nitrogens with zero attached hydrogens (tertiary/aromatic N) is 3. The Morgan fingerprint density at radius 2 is 2.00 bits per heavy atom. The molecule has 0 aromatic carbocycles. The SMILES string of the molecule is N#Cc1ccc(N2CC3CC[C@@H](C2)[C@@H]3O)nc1. The van der Waals surface area contributed by atoms with Gasteiger partial charge in [-0.1, -0.05) is 0 Å². The minimum absolute atomic E-state index is 0.121. The number of fused-ring (bicyclic) bond motifs is 2. The van der Waals surface area contributed by atoms with E-state index in [4.69, 9.17) is 5.26 Å². The molecule has 0 amide bonds. The quantitative estimate of drug-likeness (QED) is 0.785. The number of pyridine rings is 1. The molecule has 1 aliphatic carbocycles. The van der Waals surface area contributed by atoms with Gasteiger partial charge in [-0.25, -0.2) is 4.98 Å². The Hall–Kier alpha value is -1.60. The zero-order valence-corrected chi connectivity index (χ0v) is 9.58. The van der Waals surface area contributed by atoms with Crippen molar-refractivity contribution in [2.75, 3.05) is 18.0 Å². The first-order valence-electron chi connectivity index (χ1n) is 6.07. The van der Waals surface area contributed by atoms with Crippen molar-refractivity contribution in [2.45, 2.75) is 18.9 Å². The van der Waals surface area contributed by atoms with Gasteiger partial charge in [0, 0.05) is 31.1 Å². The van der Waals surface area contributed by atoms with Crippen LogP contribution in [-0.4, -0.2) is 29.3 Å². The van der Waals surface area contributed by atoms with Crippen LogP contribution in [0.25, 0.3) is 0 Å². The number of hydrogen-bond donors (Lipinski definition) is 1. The lowest BCUT2D eigenvalue weighted by atomic mass is 9.95. The molecule has 1 N–H and O–H groups in total. The van der Waals surface area contributed by atoms with Crippen LogP contribution in [0, 0.1) is 23.2 Å². The third-order valence-corrected chi connectivity index (χ3v) is 3.98. The van der Waals surface area contributed by atoms with Gasteiger partial charge in [-0.05, 0) is 25.0 Å². The maximum atomic E-state index is 9.97. The molecule has 2 fully saturated rings. The number of aromatic nitrogens is 1. The fourth-order valence-corrected chi connectivity index (χ4v) is 3.02. The topological polar surface area (TPSA) is 60.2 Å². The Kier molecular flexibility index (Phi) is 2.49. The summed E-state index contributed by atoms with van der Waals surface area (Å²) in [7, 11) is 0. The molecule has 88 valence electrons. The molecule has 4 nitrogen and oxygen atoms in total. The molecule has 2 heterocycles. The minimum Gasteiger partial charge on any atom is -0.392 e. The summed E-state index contributed by atoms with van der Waals surface area (Å²) in [5.74, 6) is 1.71. The van der Waals surface area contributed by atoms with Crippen LogP contribution in [0.1, 0.15) is 18.4 Å². The van der Waals surface area contributed by atoms with E-state index >= 15 is 0 Å². The van der Waals surface area contributed by atoms with Crippen LogP contribution in [0.2, 0.25) is 0 Å². The van der Waals surface area contributed by atoms with Gasteiger partial charge in [-0.3, -0.25) is 0 Å². The van der Waals surface area contributed by atoms with Crippen LogP contribution in [0.4, 0.5) is 5.82 Å². The molecular formula is C13H15N3O. The number of rotatable bonds is 1. The Balaban J connectivity index is 1.79. The van der Waals surface area contributed by atoms with E-state index in [-0.39, 0.29) is 6.10 Å². The largest absolute Gasteiger partial charge is 0.392 e. The molecule has 0 radical (unpaired) electrons. The van der Waals surface area contributed by atoms with E-state index in [9.17, 15) is 5.11 Å². The molecule has 1 aromatic rings. The number of piperidine rings is 1. The van der Waals surface area contributed by atoms with Crippen LogP contribution in [-0.2, 0) is 0 Å². The summed E-state index contributed by atoms with van der Waals surface area (Å²) in [5, 5.41) is 18.7. The Morgan fingerprint density at radius 3 is 2.53 bits per heavy atom. The van der Waals surface area contributed by atoms with Gasteiger partial charge in [-0.15, -0.1) is 0 Å². The zero-order chi connectivity index (χ0) is 11.8. The third-order valence-electron chi connectivity index (χ3n) is 3.98. The summed E-state index contributed by atoms with van der Waals surface area (Å²) in [4.78, 5) is 6.55. The molecule has 1 aliphatic heterocycles. The number of aliphatic hydroxyl groups is 1. The zero-order valence-electron chi connectivity index (χ0n) is 9.58. The summed E-state index contributed by atoms with van der Waals surface area (Å²) >= 11 is 0. The maximum absolute atomic E-state index is 9.97. The molecule has 17 heavy (non-hydrogen) atoms. The molecule has 2 bridgehead atoms. The first-order valence-corrected chi connectivity index (χ1v) is 6.07. The fraction of sp³-hybridized carbons (Fsp3) is 0.538. The highest BCUT2D eigenvalue weighted by Crippen LogP contribution is 2.37. The van der Waals surface area contributed by atoms with Gasteiger partial charge in [0.05, 0.1) is 11.7 Å². The molecule has 0 spiro atoms. The average Bonchev–Trinajstić information content (AvgIpc) is 2.61. The number of hydrogen-bond acceptors (Lipinski definition) is 4. The van der Waals surface area contributed by atoms with E-state index in [0.717, 1.165) is 31.7 Å². The van der Waals surface area contributed by atoms with Crippen molar-refractivity contribution in [2.24, 2.45) is 11.8 Å². The third kappa shape index (κ3) is 1.77. The van der Waals surface area contributed by atoms with Crippen LogP contribution < -0.4 is 4.90 Å². The van der Waals surface area contributed by atoms with Gasteiger partial charge in [0.25, 0.3) is 0 Å². The molecule has 2 aliphatic rings. The number of nitriles is 1. The second-order valence-corrected chi connectivity index (χ2v) is 5.01. The Labute approximate surface area is 101 Å². The minimum atomic E-state index is -0.121. The van der Waals surface area contributed by atoms with E-state index in [1.54, 1.807) is 12.3 Å². The molecule has 1 saturated heterocycles. The van der Waals surface area contributed by atoms with Crippen molar-refractivity contribution < 1.29 is 5.11 Å². The lowest BCUT2D eigenvalue weighted by molar-refractivity contribution is 0.0790. The monoisotopic (exact) mass is 229 g/mol. The maximum Gasteiger partial charge on any atom is 0.128 e. The highest BCUT2D eigenvalue weighted by Gasteiger charge is 2.41. The standard InChI is InChI=1S/C13H15N3O/c14-5-9-1-4-12(15-6-9)16-7-10-2-3-11(8-16)13(10)17/h1,4,6,10-11,13,17H,2-3,7-8H2/t10-,11?,13-/m0/s1. The smallest absolute Gasteiger partial charge is 0.128 e. The average molecular weight is 229 g/mol. The summed E-state index contributed by atoms with van der Waals surface area (Å²) in [5.41, 5.74) is 0.591. The fourth-order valence-electron chi connectivity index (χ4n) is 3.02. The molecule has 3 rings (SSSR count). The molecule has 1 unspecified atom stereocenters. The van der Waals surface area contributed by atoms with Gasteiger partial charge < -0.3 is 10.0 Å². The summed E-state index contributed by atoms with van der Waals surface area (Å²) in [6, 6.07) is 5.77. The van der Waals surface area contributed by atoms with Gasteiger partial charge in [0.2, 0.25) is 0 Å². The van der Waals surface area contributed by atoms with Crippen molar-refractivity contribution in [1.29, 1.82) is 5.26 Å². The summed E-state index contributed by atoms with van der Waals surface area (Å²) < 4.78 is 0. The van der Waals surface area contributed by atoms with Crippen molar-refractivity contribution in [3.63, 3.8) is 0 Å². The second kappa shape index (κ2) is 4.01. The van der Waals surface area contributed by atoms with Crippen LogP contribution in [0.5, 0.6) is 0 Å². The molecular weight excluding hydrogens is 214 g/mol. The van der Waals surface area contributed by atoms with Crippen LogP contribution in [0.3, 0.4) is 0 Å². The normalized spacial score (nSPS) is 31.3. The molecule has 1 aromatic heterocycles. The Bertz CT molecular complexity index is 437. The highest BCUT2D eigenvalue weighted by molar-refractivity contribution is 5.43. The van der Waals surface area contributed by atoms with Gasteiger partial charge in [0.15, 0.2) is 0 Å². The van der Waals surface area contributed by atoms with E-state index in [2.05, 4.69) is 16.0 Å². The van der Waals surface area contributed by atoms with E-state index in [1.807, 2.05) is 6.07 Å². The predicted molar refractivity (Wildman–Crippen MR) is 63.4 cm³/mol. The summed E-state index contributed by atoms with van der Waals surface area (Å²) in [6.45, 7) is 1.77. The summed E-state index contributed by atoms with van der Waals surface area (Å²) in [6.07, 6.45) is 3.74. The van der Waals surface area contributed by atoms with E-state index in [1.165, 1.54) is 0 Å². The van der Waals surface area contributed by atoms with Gasteiger partial charge in [-0.2, -0.15) is 5.26 Å². The van der Waals surface area contributed by atoms with E-state index in [0.29, 0.717) is 17.4 Å². The predicted octanol–water partition coefficient (Wildman–Crippen LogP) is 1.16. The van der Waals surface area contributed by atoms with Crippen molar-refractivity contribution >= 4 is 5.82 Å². The Morgan fingerprint density at radius 1 is 1.29 bits per heavy atom. The molecule has 3 atom stereocenters. The van der Waals surface area contributed by atoms with Crippen molar-refractivity contribution in [1.82, 2.24) is 4.98 Å². The van der Waals surface area contributed by atoms with Crippen LogP contribution in [0.15, 0.2) is 18.3 Å². The van der Waals surface area contributed by atoms with Crippen LogP contribution >= 0.6 is 0 Å². The number of aliphatic hydroxyl groups excluding tert-OH is 1. The lowest BCUT2D eigenvalue weighted by Gasteiger charge is -2.36. The highest BCUT2D eigenvalue weighted by atomic mass is 16.3. The van der Waals surface area contributed by atoms with Crippen molar-refractivity contribution in [3.8, 4) is 6.07 Å². The van der Waals surface area contributed by atoms with Crippen molar-refractivity contribution in [3.05, 3.63) is 23.9 Å². The van der Waals surface area contributed by atoms with Gasteiger partial charge >= 0.3 is 0 Å². The first-order chi connectivity index (χ1) is 8.28.